The quantitative estimate of drug-likeness (QED) is 0.914. The van der Waals surface area contributed by atoms with Crippen molar-refractivity contribution in [3.8, 4) is 0 Å². The number of nitrogens with one attached hydrogen (secondary N) is 1. The van der Waals surface area contributed by atoms with Gasteiger partial charge in [-0.2, -0.15) is 13.2 Å². The van der Waals surface area contributed by atoms with Gasteiger partial charge in [-0.05, 0) is 37.0 Å². The standard InChI is InChI=1S/C16H23F3N2/c1-12-3-4-14(11-13(12)2)15(5-6-16(17,18)19)21-9-7-20-8-10-21/h3-4,11,15,20H,5-10H2,1-2H3/t15-/m0/s1. The summed E-state index contributed by atoms with van der Waals surface area (Å²) in [5.41, 5.74) is 3.32. The predicted molar refractivity (Wildman–Crippen MR) is 78.4 cm³/mol. The average Bonchev–Trinajstić information content (AvgIpc) is 2.43. The zero-order chi connectivity index (χ0) is 15.5. The fourth-order valence-electron chi connectivity index (χ4n) is 2.83. The van der Waals surface area contributed by atoms with E-state index in [1.807, 2.05) is 32.0 Å². The molecule has 2 nitrogen and oxygen atoms in total. The first-order valence-electron chi connectivity index (χ1n) is 7.45. The molecule has 1 aromatic rings. The van der Waals surface area contributed by atoms with E-state index in [1.165, 1.54) is 5.56 Å². The van der Waals surface area contributed by atoms with Gasteiger partial charge in [0.2, 0.25) is 0 Å². The molecule has 0 radical (unpaired) electrons. The molecular weight excluding hydrogens is 277 g/mol. The first-order valence-corrected chi connectivity index (χ1v) is 7.45. The third kappa shape index (κ3) is 4.71. The number of benzene rings is 1. The zero-order valence-corrected chi connectivity index (χ0v) is 12.6. The Bertz CT molecular complexity index is 465. The summed E-state index contributed by atoms with van der Waals surface area (Å²) >= 11 is 0. The molecule has 1 N–H and O–H groups in total. The van der Waals surface area contributed by atoms with Crippen molar-refractivity contribution in [1.82, 2.24) is 10.2 Å². The zero-order valence-electron chi connectivity index (χ0n) is 12.6. The Balaban J connectivity index is 2.18. The van der Waals surface area contributed by atoms with Crippen LogP contribution in [0.1, 0.15) is 35.6 Å². The van der Waals surface area contributed by atoms with Crippen LogP contribution in [0.15, 0.2) is 18.2 Å². The molecule has 118 valence electrons. The molecule has 1 atom stereocenters. The van der Waals surface area contributed by atoms with Gasteiger partial charge in [-0.3, -0.25) is 4.90 Å². The molecule has 0 aromatic heterocycles. The molecule has 1 fully saturated rings. The summed E-state index contributed by atoms with van der Waals surface area (Å²) in [6.45, 7) is 7.32. The number of hydrogen-bond acceptors (Lipinski definition) is 2. The highest BCUT2D eigenvalue weighted by molar-refractivity contribution is 5.31. The molecule has 0 spiro atoms. The topological polar surface area (TPSA) is 15.3 Å². The largest absolute Gasteiger partial charge is 0.389 e. The smallest absolute Gasteiger partial charge is 0.314 e. The number of piperazine rings is 1. The number of halogens is 3. The lowest BCUT2D eigenvalue weighted by atomic mass is 9.96. The Morgan fingerprint density at radius 3 is 2.38 bits per heavy atom. The van der Waals surface area contributed by atoms with Crippen LogP contribution in [0.4, 0.5) is 13.2 Å². The first-order chi connectivity index (χ1) is 9.87. The van der Waals surface area contributed by atoms with E-state index >= 15 is 0 Å². The van der Waals surface area contributed by atoms with E-state index in [1.54, 1.807) is 0 Å². The average molecular weight is 300 g/mol. The Morgan fingerprint density at radius 2 is 1.81 bits per heavy atom. The van der Waals surface area contributed by atoms with Gasteiger partial charge in [-0.25, -0.2) is 0 Å². The van der Waals surface area contributed by atoms with Crippen LogP contribution in [0, 0.1) is 13.8 Å². The fourth-order valence-corrected chi connectivity index (χ4v) is 2.83. The van der Waals surface area contributed by atoms with E-state index in [2.05, 4.69) is 10.2 Å². The van der Waals surface area contributed by atoms with Crippen LogP contribution in [0.2, 0.25) is 0 Å². The van der Waals surface area contributed by atoms with E-state index in [0.29, 0.717) is 0 Å². The van der Waals surface area contributed by atoms with E-state index in [4.69, 9.17) is 0 Å². The van der Waals surface area contributed by atoms with E-state index < -0.39 is 12.6 Å². The summed E-state index contributed by atoms with van der Waals surface area (Å²) in [7, 11) is 0. The minimum atomic E-state index is -4.09. The number of alkyl halides is 3. The second kappa shape index (κ2) is 6.79. The lowest BCUT2D eigenvalue weighted by Gasteiger charge is -2.35. The first kappa shape index (κ1) is 16.3. The van der Waals surface area contributed by atoms with Gasteiger partial charge in [-0.1, -0.05) is 18.2 Å². The van der Waals surface area contributed by atoms with Crippen LogP contribution in [0.25, 0.3) is 0 Å². The minimum absolute atomic E-state index is 0.131. The molecule has 0 saturated carbocycles. The maximum absolute atomic E-state index is 12.6. The fraction of sp³-hybridized carbons (Fsp3) is 0.625. The summed E-state index contributed by atoms with van der Waals surface area (Å²) in [6.07, 6.45) is -4.69. The second-order valence-corrected chi connectivity index (χ2v) is 5.80. The van der Waals surface area contributed by atoms with Gasteiger partial charge < -0.3 is 5.32 Å². The van der Waals surface area contributed by atoms with Crippen molar-refractivity contribution in [3.05, 3.63) is 34.9 Å². The summed E-state index contributed by atoms with van der Waals surface area (Å²) in [6, 6.07) is 5.88. The van der Waals surface area contributed by atoms with Crippen LogP contribution in [-0.2, 0) is 0 Å². The molecule has 1 aliphatic rings. The molecule has 0 bridgehead atoms. The summed E-state index contributed by atoms with van der Waals surface area (Å²) < 4.78 is 37.8. The number of hydrogen-bond donors (Lipinski definition) is 1. The number of nitrogens with zero attached hydrogens (tertiary/aromatic N) is 1. The van der Waals surface area contributed by atoms with Gasteiger partial charge in [0.15, 0.2) is 0 Å². The van der Waals surface area contributed by atoms with Crippen molar-refractivity contribution >= 4 is 0 Å². The molecule has 21 heavy (non-hydrogen) atoms. The van der Waals surface area contributed by atoms with Crippen molar-refractivity contribution in [2.24, 2.45) is 0 Å². The van der Waals surface area contributed by atoms with Gasteiger partial charge in [0.25, 0.3) is 0 Å². The number of aryl methyl sites for hydroxylation is 2. The second-order valence-electron chi connectivity index (χ2n) is 5.80. The monoisotopic (exact) mass is 300 g/mol. The highest BCUT2D eigenvalue weighted by Crippen LogP contribution is 2.32. The summed E-state index contributed by atoms with van der Waals surface area (Å²) in [5, 5.41) is 3.25. The van der Waals surface area contributed by atoms with E-state index in [9.17, 15) is 13.2 Å². The van der Waals surface area contributed by atoms with E-state index in [-0.39, 0.29) is 12.5 Å². The Kier molecular flexibility index (Phi) is 5.27. The van der Waals surface area contributed by atoms with E-state index in [0.717, 1.165) is 37.3 Å². The maximum atomic E-state index is 12.6. The van der Waals surface area contributed by atoms with Gasteiger partial charge >= 0.3 is 6.18 Å². The molecule has 5 heteroatoms. The molecule has 0 amide bonds. The van der Waals surface area contributed by atoms with Crippen LogP contribution in [0.5, 0.6) is 0 Å². The molecule has 1 heterocycles. The van der Waals surface area contributed by atoms with Crippen molar-refractivity contribution in [3.63, 3.8) is 0 Å². The molecule has 1 aromatic carbocycles. The van der Waals surface area contributed by atoms with Gasteiger partial charge in [0, 0.05) is 38.6 Å². The summed E-state index contributed by atoms with van der Waals surface area (Å²) in [5.74, 6) is 0. The third-order valence-electron chi connectivity index (χ3n) is 4.21. The number of rotatable bonds is 4. The van der Waals surface area contributed by atoms with Gasteiger partial charge in [0.1, 0.15) is 0 Å². The van der Waals surface area contributed by atoms with Crippen LogP contribution in [-0.4, -0.2) is 37.3 Å². The van der Waals surface area contributed by atoms with Crippen molar-refractivity contribution in [1.29, 1.82) is 0 Å². The highest BCUT2D eigenvalue weighted by atomic mass is 19.4. The molecule has 1 saturated heterocycles. The highest BCUT2D eigenvalue weighted by Gasteiger charge is 2.31. The normalized spacial score (nSPS) is 18.7. The van der Waals surface area contributed by atoms with Crippen LogP contribution in [0.3, 0.4) is 0 Å². The Labute approximate surface area is 124 Å². The Morgan fingerprint density at radius 1 is 1.14 bits per heavy atom. The van der Waals surface area contributed by atoms with Crippen LogP contribution < -0.4 is 5.32 Å². The lowest BCUT2D eigenvalue weighted by molar-refractivity contribution is -0.138. The van der Waals surface area contributed by atoms with Gasteiger partial charge in [-0.15, -0.1) is 0 Å². The summed E-state index contributed by atoms with van der Waals surface area (Å²) in [4.78, 5) is 2.17. The molecule has 0 aliphatic carbocycles. The predicted octanol–water partition coefficient (Wildman–Crippen LogP) is 3.59. The van der Waals surface area contributed by atoms with Crippen LogP contribution >= 0.6 is 0 Å². The molecule has 1 aliphatic heterocycles. The van der Waals surface area contributed by atoms with Gasteiger partial charge in [0.05, 0.1) is 0 Å². The lowest BCUT2D eigenvalue weighted by Crippen LogP contribution is -2.45. The SMILES string of the molecule is Cc1ccc([C@H](CCC(F)(F)F)N2CCNCC2)cc1C. The molecule has 0 unspecified atom stereocenters. The maximum Gasteiger partial charge on any atom is 0.389 e. The molecular formula is C16H23F3N2. The van der Waals surface area contributed by atoms with Crippen molar-refractivity contribution in [2.45, 2.75) is 38.9 Å². The molecule has 2 rings (SSSR count). The van der Waals surface area contributed by atoms with Crippen molar-refractivity contribution in [2.75, 3.05) is 26.2 Å². The van der Waals surface area contributed by atoms with Crippen molar-refractivity contribution < 1.29 is 13.2 Å². The Hall–Kier alpha value is -1.07. The third-order valence-corrected chi connectivity index (χ3v) is 4.21. The minimum Gasteiger partial charge on any atom is -0.314 e.